The Bertz CT molecular complexity index is 847. The molecule has 4 rings (SSSR count). The van der Waals surface area contributed by atoms with E-state index >= 15 is 0 Å². The lowest BCUT2D eigenvalue weighted by Gasteiger charge is -2.24. The summed E-state index contributed by atoms with van der Waals surface area (Å²) in [6.07, 6.45) is 6.54. The van der Waals surface area contributed by atoms with Gasteiger partial charge in [-0.3, -0.25) is 9.36 Å². The van der Waals surface area contributed by atoms with E-state index in [2.05, 4.69) is 4.98 Å². The first-order valence-corrected chi connectivity index (χ1v) is 8.13. The van der Waals surface area contributed by atoms with E-state index in [0.29, 0.717) is 23.2 Å². The molecule has 23 heavy (non-hydrogen) atoms. The zero-order valence-electron chi connectivity index (χ0n) is 13.1. The monoisotopic (exact) mass is 306 g/mol. The molecule has 5 nitrogen and oxygen atoms in total. The minimum atomic E-state index is -0.0678. The summed E-state index contributed by atoms with van der Waals surface area (Å²) >= 11 is 0. The van der Waals surface area contributed by atoms with Crippen LogP contribution in [-0.2, 0) is 0 Å². The molecule has 3 atom stereocenters. The van der Waals surface area contributed by atoms with Gasteiger partial charge in [0.2, 0.25) is 0 Å². The van der Waals surface area contributed by atoms with E-state index in [1.54, 1.807) is 29.0 Å². The molecule has 2 bridgehead atoms. The molecule has 0 N–H and O–H groups in total. The molecule has 0 aromatic carbocycles. The number of nitrogens with zero attached hydrogens (tertiary/aromatic N) is 4. The lowest BCUT2D eigenvalue weighted by atomic mass is 9.88. The van der Waals surface area contributed by atoms with Gasteiger partial charge in [-0.2, -0.15) is 5.26 Å². The van der Waals surface area contributed by atoms with Crippen LogP contribution in [0.3, 0.4) is 0 Å². The molecule has 2 aromatic rings. The molecule has 0 radical (unpaired) electrons. The van der Waals surface area contributed by atoms with Crippen LogP contribution in [0.4, 0.5) is 0 Å². The fraction of sp³-hybridized carbons (Fsp3) is 0.444. The number of rotatable bonds is 2. The number of aryl methyl sites for hydroxylation is 1. The zero-order valence-corrected chi connectivity index (χ0v) is 13.1. The molecule has 116 valence electrons. The molecule has 5 heteroatoms. The lowest BCUT2D eigenvalue weighted by molar-refractivity contribution is 0.397. The van der Waals surface area contributed by atoms with E-state index in [9.17, 15) is 4.79 Å². The maximum atomic E-state index is 12.6. The highest BCUT2D eigenvalue weighted by Crippen LogP contribution is 2.52. The summed E-state index contributed by atoms with van der Waals surface area (Å²) in [7, 11) is 0. The third-order valence-electron chi connectivity index (χ3n) is 5.26. The maximum absolute atomic E-state index is 12.6. The Labute approximate surface area is 134 Å². The van der Waals surface area contributed by atoms with Crippen LogP contribution in [0.25, 0.3) is 5.69 Å². The van der Waals surface area contributed by atoms with Crippen molar-refractivity contribution in [1.29, 1.82) is 5.26 Å². The summed E-state index contributed by atoms with van der Waals surface area (Å²) in [5.74, 6) is 2.66. The first-order chi connectivity index (χ1) is 11.2. The van der Waals surface area contributed by atoms with Crippen molar-refractivity contribution in [2.24, 2.45) is 11.8 Å². The predicted octanol–water partition coefficient (Wildman–Crippen LogP) is 2.71. The molecule has 2 saturated carbocycles. The lowest BCUT2D eigenvalue weighted by Crippen LogP contribution is -2.27. The van der Waals surface area contributed by atoms with E-state index in [0.717, 1.165) is 23.9 Å². The van der Waals surface area contributed by atoms with E-state index in [4.69, 9.17) is 10.2 Å². The Morgan fingerprint density at radius 2 is 2.17 bits per heavy atom. The van der Waals surface area contributed by atoms with Crippen molar-refractivity contribution in [3.63, 3.8) is 0 Å². The Balaban J connectivity index is 1.85. The molecule has 2 aliphatic carbocycles. The number of fused-ring (bicyclic) bond motifs is 2. The first-order valence-electron chi connectivity index (χ1n) is 8.13. The molecule has 0 amide bonds. The van der Waals surface area contributed by atoms with Gasteiger partial charge in [0.15, 0.2) is 0 Å². The smallest absolute Gasteiger partial charge is 0.258 e. The van der Waals surface area contributed by atoms with E-state index in [-0.39, 0.29) is 5.56 Å². The fourth-order valence-electron chi connectivity index (χ4n) is 4.27. The van der Waals surface area contributed by atoms with Crippen LogP contribution in [0, 0.1) is 30.1 Å². The molecule has 2 fully saturated rings. The van der Waals surface area contributed by atoms with Crippen molar-refractivity contribution in [3.8, 4) is 11.8 Å². The Morgan fingerprint density at radius 3 is 2.78 bits per heavy atom. The minimum absolute atomic E-state index is 0.0678. The van der Waals surface area contributed by atoms with Crippen molar-refractivity contribution in [2.75, 3.05) is 0 Å². The van der Waals surface area contributed by atoms with Crippen molar-refractivity contribution >= 4 is 0 Å². The molecular weight excluding hydrogens is 288 g/mol. The molecule has 0 saturated heterocycles. The zero-order chi connectivity index (χ0) is 16.0. The number of nitriles is 1. The van der Waals surface area contributed by atoms with Gasteiger partial charge in [-0.15, -0.1) is 0 Å². The van der Waals surface area contributed by atoms with Crippen molar-refractivity contribution in [3.05, 3.63) is 52.0 Å². The maximum Gasteiger partial charge on any atom is 0.258 e. The Hall–Kier alpha value is -2.48. The third kappa shape index (κ3) is 2.35. The van der Waals surface area contributed by atoms with E-state index < -0.39 is 0 Å². The minimum Gasteiger partial charge on any atom is -0.269 e. The van der Waals surface area contributed by atoms with Gasteiger partial charge in [0.25, 0.3) is 5.56 Å². The van der Waals surface area contributed by atoms with Crippen LogP contribution in [0.5, 0.6) is 0 Å². The summed E-state index contributed by atoms with van der Waals surface area (Å²) < 4.78 is 1.69. The van der Waals surface area contributed by atoms with Crippen LogP contribution in [0.1, 0.15) is 48.8 Å². The number of hydrogen-bond acceptors (Lipinski definition) is 4. The van der Waals surface area contributed by atoms with Gasteiger partial charge >= 0.3 is 0 Å². The average Bonchev–Trinajstić information content (AvgIpc) is 3.17. The van der Waals surface area contributed by atoms with E-state index in [1.165, 1.54) is 19.3 Å². The van der Waals surface area contributed by atoms with Gasteiger partial charge in [0.1, 0.15) is 17.6 Å². The molecular formula is C18H18N4O. The number of hydrogen-bond donors (Lipinski definition) is 0. The highest BCUT2D eigenvalue weighted by molar-refractivity contribution is 5.35. The molecule has 0 aliphatic heterocycles. The summed E-state index contributed by atoms with van der Waals surface area (Å²) in [6.45, 7) is 1.87. The van der Waals surface area contributed by atoms with Gasteiger partial charge in [-0.1, -0.05) is 6.42 Å². The summed E-state index contributed by atoms with van der Waals surface area (Å²) in [4.78, 5) is 21.4. The summed E-state index contributed by atoms with van der Waals surface area (Å²) in [5.41, 5.74) is 1.75. The van der Waals surface area contributed by atoms with Gasteiger partial charge in [-0.25, -0.2) is 9.97 Å². The molecule has 2 heterocycles. The van der Waals surface area contributed by atoms with Gasteiger partial charge in [0, 0.05) is 17.7 Å². The van der Waals surface area contributed by atoms with Gasteiger partial charge < -0.3 is 0 Å². The molecule has 2 aromatic heterocycles. The van der Waals surface area contributed by atoms with Crippen molar-refractivity contribution in [1.82, 2.24) is 14.5 Å². The molecule has 2 aliphatic rings. The highest BCUT2D eigenvalue weighted by atomic mass is 16.1. The van der Waals surface area contributed by atoms with Crippen LogP contribution in [-0.4, -0.2) is 14.5 Å². The van der Waals surface area contributed by atoms with Gasteiger partial charge in [0.05, 0.1) is 11.9 Å². The predicted molar refractivity (Wildman–Crippen MR) is 85.3 cm³/mol. The molecule has 3 unspecified atom stereocenters. The summed E-state index contributed by atoms with van der Waals surface area (Å²) in [6, 6.07) is 6.99. The largest absolute Gasteiger partial charge is 0.269 e. The van der Waals surface area contributed by atoms with Crippen LogP contribution >= 0.6 is 0 Å². The third-order valence-corrected chi connectivity index (χ3v) is 5.26. The second-order valence-corrected chi connectivity index (χ2v) is 6.72. The van der Waals surface area contributed by atoms with E-state index in [1.807, 2.05) is 13.0 Å². The average molecular weight is 306 g/mol. The van der Waals surface area contributed by atoms with Crippen LogP contribution in [0.15, 0.2) is 29.2 Å². The van der Waals surface area contributed by atoms with Gasteiger partial charge in [-0.05, 0) is 50.2 Å². The standard InChI is InChI=1S/C18H18N4O/c1-11-6-17(23)22(15-5-4-14(9-19)20-10-15)18(21-11)16-8-12-2-3-13(16)7-12/h4-6,10,12-13,16H,2-3,7-8H2,1H3. The van der Waals surface area contributed by atoms with Crippen LogP contribution in [0.2, 0.25) is 0 Å². The normalized spacial score (nSPS) is 25.5. The Kier molecular flexibility index (Phi) is 3.26. The second-order valence-electron chi connectivity index (χ2n) is 6.72. The topological polar surface area (TPSA) is 71.6 Å². The SMILES string of the molecule is Cc1cc(=O)n(-c2ccc(C#N)nc2)c(C2CC3CCC2C3)n1. The summed E-state index contributed by atoms with van der Waals surface area (Å²) in [5, 5.41) is 8.90. The van der Waals surface area contributed by atoms with Crippen molar-refractivity contribution < 1.29 is 0 Å². The Morgan fingerprint density at radius 1 is 1.30 bits per heavy atom. The number of aromatic nitrogens is 3. The van der Waals surface area contributed by atoms with Crippen LogP contribution < -0.4 is 5.56 Å². The first kappa shape index (κ1) is 14.1. The number of pyridine rings is 1. The highest BCUT2D eigenvalue weighted by Gasteiger charge is 2.42. The second kappa shape index (κ2) is 5.31. The molecule has 0 spiro atoms. The quantitative estimate of drug-likeness (QED) is 0.855. The fourth-order valence-corrected chi connectivity index (χ4v) is 4.27. The van der Waals surface area contributed by atoms with Crippen molar-refractivity contribution in [2.45, 2.75) is 38.5 Å².